The molecule has 0 amide bonds. The fourth-order valence-corrected chi connectivity index (χ4v) is 3.14. The molecule has 106 valence electrons. The molecular weight excluding hydrogens is 232 g/mol. The average Bonchev–Trinajstić information content (AvgIpc) is 2.41. The number of hydrogen-bond donors (Lipinski definition) is 1. The number of hydrogen-bond acceptors (Lipinski definition) is 2. The molecular formula is C17H28N2. The van der Waals surface area contributed by atoms with Gasteiger partial charge in [-0.2, -0.15) is 0 Å². The first kappa shape index (κ1) is 14.5. The van der Waals surface area contributed by atoms with Gasteiger partial charge < -0.3 is 5.73 Å². The van der Waals surface area contributed by atoms with E-state index in [0.29, 0.717) is 5.92 Å². The minimum Gasteiger partial charge on any atom is -0.330 e. The minimum atomic E-state index is 0.642. The van der Waals surface area contributed by atoms with Crippen LogP contribution in [0.1, 0.15) is 43.7 Å². The maximum atomic E-state index is 5.79. The highest BCUT2D eigenvalue weighted by Gasteiger charge is 2.23. The Bertz CT molecular complexity index is 389. The van der Waals surface area contributed by atoms with Gasteiger partial charge in [-0.1, -0.05) is 43.2 Å². The summed E-state index contributed by atoms with van der Waals surface area (Å²) in [6.45, 7) is 7.61. The number of piperidine rings is 1. The summed E-state index contributed by atoms with van der Waals surface area (Å²) < 4.78 is 0. The Morgan fingerprint density at radius 3 is 2.95 bits per heavy atom. The van der Waals surface area contributed by atoms with E-state index in [1.165, 1.54) is 43.4 Å². The molecule has 0 saturated carbocycles. The van der Waals surface area contributed by atoms with Crippen LogP contribution >= 0.6 is 0 Å². The molecule has 0 aromatic heterocycles. The molecule has 1 fully saturated rings. The normalized spacial score (nSPS) is 22.4. The van der Waals surface area contributed by atoms with Crippen molar-refractivity contribution in [2.75, 3.05) is 13.1 Å². The van der Waals surface area contributed by atoms with Crippen molar-refractivity contribution in [2.45, 2.75) is 52.1 Å². The van der Waals surface area contributed by atoms with Crippen molar-refractivity contribution in [2.24, 2.45) is 11.7 Å². The zero-order valence-corrected chi connectivity index (χ0v) is 12.4. The molecule has 2 heteroatoms. The highest BCUT2D eigenvalue weighted by atomic mass is 15.2. The van der Waals surface area contributed by atoms with E-state index in [0.717, 1.165) is 19.1 Å². The van der Waals surface area contributed by atoms with Gasteiger partial charge in [0.1, 0.15) is 0 Å². The lowest BCUT2D eigenvalue weighted by Gasteiger charge is -2.37. The molecule has 2 unspecified atom stereocenters. The number of aryl methyl sites for hydroxylation is 1. The average molecular weight is 260 g/mol. The van der Waals surface area contributed by atoms with Gasteiger partial charge >= 0.3 is 0 Å². The van der Waals surface area contributed by atoms with E-state index in [-0.39, 0.29) is 0 Å². The van der Waals surface area contributed by atoms with E-state index in [9.17, 15) is 0 Å². The minimum absolute atomic E-state index is 0.642. The summed E-state index contributed by atoms with van der Waals surface area (Å²) in [5, 5.41) is 0. The molecule has 0 radical (unpaired) electrons. The van der Waals surface area contributed by atoms with Crippen molar-refractivity contribution >= 4 is 0 Å². The predicted molar refractivity (Wildman–Crippen MR) is 82.1 cm³/mol. The van der Waals surface area contributed by atoms with Gasteiger partial charge in [-0.25, -0.2) is 0 Å². The van der Waals surface area contributed by atoms with Crippen LogP contribution in [0, 0.1) is 12.8 Å². The van der Waals surface area contributed by atoms with Crippen LogP contribution in [-0.2, 0) is 6.54 Å². The lowest BCUT2D eigenvalue weighted by molar-refractivity contribution is 0.120. The molecule has 1 aliphatic rings. The third kappa shape index (κ3) is 4.32. The van der Waals surface area contributed by atoms with Crippen LogP contribution in [0.25, 0.3) is 0 Å². The zero-order valence-electron chi connectivity index (χ0n) is 12.4. The Morgan fingerprint density at radius 2 is 2.21 bits per heavy atom. The van der Waals surface area contributed by atoms with Gasteiger partial charge in [0.15, 0.2) is 0 Å². The van der Waals surface area contributed by atoms with Crippen molar-refractivity contribution in [1.29, 1.82) is 0 Å². The molecule has 0 bridgehead atoms. The maximum Gasteiger partial charge on any atom is 0.0236 e. The van der Waals surface area contributed by atoms with Crippen molar-refractivity contribution in [3.63, 3.8) is 0 Å². The van der Waals surface area contributed by atoms with E-state index in [4.69, 9.17) is 5.73 Å². The molecule has 2 atom stereocenters. The fraction of sp³-hybridized carbons (Fsp3) is 0.647. The number of nitrogens with zero attached hydrogens (tertiary/aromatic N) is 1. The zero-order chi connectivity index (χ0) is 13.7. The molecule has 0 spiro atoms. The Hall–Kier alpha value is -0.860. The standard InChI is InChI=1S/C17H28N2/c1-14-6-5-7-16(10-14)13-19-9-4-3-8-17(19)11-15(2)12-18/h5-7,10,15,17H,3-4,8-9,11-13,18H2,1-2H3. The Kier molecular flexibility index (Phi) is 5.41. The molecule has 2 N–H and O–H groups in total. The molecule has 1 saturated heterocycles. The predicted octanol–water partition coefficient (Wildman–Crippen LogP) is 3.33. The summed E-state index contributed by atoms with van der Waals surface area (Å²) >= 11 is 0. The SMILES string of the molecule is Cc1cccc(CN2CCCCC2CC(C)CN)c1. The van der Waals surface area contributed by atoms with Gasteiger partial charge in [-0.15, -0.1) is 0 Å². The third-order valence-corrected chi connectivity index (χ3v) is 4.29. The van der Waals surface area contributed by atoms with Gasteiger partial charge in [0.05, 0.1) is 0 Å². The van der Waals surface area contributed by atoms with Crippen LogP contribution in [-0.4, -0.2) is 24.0 Å². The summed E-state index contributed by atoms with van der Waals surface area (Å²) in [6, 6.07) is 9.65. The van der Waals surface area contributed by atoms with Gasteiger partial charge in [-0.05, 0) is 50.8 Å². The molecule has 1 aromatic rings. The number of rotatable bonds is 5. The summed E-state index contributed by atoms with van der Waals surface area (Å²) in [5.74, 6) is 0.642. The van der Waals surface area contributed by atoms with Crippen molar-refractivity contribution in [1.82, 2.24) is 4.90 Å². The second-order valence-corrected chi connectivity index (χ2v) is 6.19. The summed E-state index contributed by atoms with van der Waals surface area (Å²) in [7, 11) is 0. The van der Waals surface area contributed by atoms with E-state index in [1.807, 2.05) is 0 Å². The van der Waals surface area contributed by atoms with Gasteiger partial charge in [0.25, 0.3) is 0 Å². The van der Waals surface area contributed by atoms with Gasteiger partial charge in [-0.3, -0.25) is 4.90 Å². The van der Waals surface area contributed by atoms with E-state index in [1.54, 1.807) is 0 Å². The summed E-state index contributed by atoms with van der Waals surface area (Å²) in [4.78, 5) is 2.67. The second-order valence-electron chi connectivity index (χ2n) is 6.19. The molecule has 1 heterocycles. The van der Waals surface area contributed by atoms with Crippen LogP contribution in [0.15, 0.2) is 24.3 Å². The first-order chi connectivity index (χ1) is 9.19. The Balaban J connectivity index is 1.99. The van der Waals surface area contributed by atoms with Crippen LogP contribution in [0.4, 0.5) is 0 Å². The van der Waals surface area contributed by atoms with Crippen molar-refractivity contribution in [3.8, 4) is 0 Å². The quantitative estimate of drug-likeness (QED) is 0.880. The van der Waals surface area contributed by atoms with Crippen LogP contribution in [0.5, 0.6) is 0 Å². The Morgan fingerprint density at radius 1 is 1.37 bits per heavy atom. The Labute approximate surface area is 118 Å². The molecule has 2 nitrogen and oxygen atoms in total. The highest BCUT2D eigenvalue weighted by molar-refractivity contribution is 5.22. The highest BCUT2D eigenvalue weighted by Crippen LogP contribution is 2.24. The van der Waals surface area contributed by atoms with Crippen LogP contribution < -0.4 is 5.73 Å². The first-order valence-corrected chi connectivity index (χ1v) is 7.68. The lowest BCUT2D eigenvalue weighted by atomic mass is 9.92. The summed E-state index contributed by atoms with van der Waals surface area (Å²) in [6.07, 6.45) is 5.32. The van der Waals surface area contributed by atoms with Crippen molar-refractivity contribution in [3.05, 3.63) is 35.4 Å². The number of nitrogens with two attached hydrogens (primary N) is 1. The van der Waals surface area contributed by atoms with E-state index in [2.05, 4.69) is 43.0 Å². The van der Waals surface area contributed by atoms with Crippen LogP contribution in [0.2, 0.25) is 0 Å². The monoisotopic (exact) mass is 260 g/mol. The fourth-order valence-electron chi connectivity index (χ4n) is 3.14. The molecule has 19 heavy (non-hydrogen) atoms. The molecule has 1 aromatic carbocycles. The van der Waals surface area contributed by atoms with Gasteiger partial charge in [0.2, 0.25) is 0 Å². The van der Waals surface area contributed by atoms with E-state index >= 15 is 0 Å². The first-order valence-electron chi connectivity index (χ1n) is 7.68. The smallest absolute Gasteiger partial charge is 0.0236 e. The van der Waals surface area contributed by atoms with Gasteiger partial charge in [0, 0.05) is 12.6 Å². The third-order valence-electron chi connectivity index (χ3n) is 4.29. The molecule has 1 aliphatic heterocycles. The maximum absolute atomic E-state index is 5.79. The number of benzene rings is 1. The van der Waals surface area contributed by atoms with Crippen molar-refractivity contribution < 1.29 is 0 Å². The summed E-state index contributed by atoms with van der Waals surface area (Å²) in [5.41, 5.74) is 8.60. The van der Waals surface area contributed by atoms with E-state index < -0.39 is 0 Å². The largest absolute Gasteiger partial charge is 0.330 e. The molecule has 0 aliphatic carbocycles. The number of likely N-dealkylation sites (tertiary alicyclic amines) is 1. The molecule has 2 rings (SSSR count). The topological polar surface area (TPSA) is 29.3 Å². The second kappa shape index (κ2) is 7.06. The lowest BCUT2D eigenvalue weighted by Crippen LogP contribution is -2.40. The van der Waals surface area contributed by atoms with Crippen LogP contribution in [0.3, 0.4) is 0 Å².